The van der Waals surface area contributed by atoms with Crippen LogP contribution in [0.1, 0.15) is 25.0 Å². The van der Waals surface area contributed by atoms with Gasteiger partial charge in [0.2, 0.25) is 0 Å². The molecular formula is C15H13FN2O3. The summed E-state index contributed by atoms with van der Waals surface area (Å²) in [6.45, 7) is 3.25. The Balaban J connectivity index is 2.78. The van der Waals surface area contributed by atoms with Crippen LogP contribution in [0.15, 0.2) is 23.8 Å². The number of nitrogens with zero attached hydrogens (tertiary/aromatic N) is 1. The van der Waals surface area contributed by atoms with Crippen molar-refractivity contribution in [2.75, 3.05) is 6.54 Å². The number of hydrogen-bond donors (Lipinski definition) is 2. The summed E-state index contributed by atoms with van der Waals surface area (Å²) in [6, 6.07) is 5.24. The fourth-order valence-electron chi connectivity index (χ4n) is 2.33. The summed E-state index contributed by atoms with van der Waals surface area (Å²) >= 11 is 0. The number of nitrogens with one attached hydrogen (secondary N) is 1. The fourth-order valence-corrected chi connectivity index (χ4v) is 2.33. The van der Waals surface area contributed by atoms with Crippen LogP contribution in [0.5, 0.6) is 0 Å². The number of hydrogen-bond acceptors (Lipinski definition) is 4. The van der Waals surface area contributed by atoms with Crippen LogP contribution >= 0.6 is 0 Å². The Morgan fingerprint density at radius 3 is 2.76 bits per heavy atom. The van der Waals surface area contributed by atoms with E-state index >= 15 is 0 Å². The molecule has 1 aliphatic rings. The van der Waals surface area contributed by atoms with Crippen molar-refractivity contribution in [1.82, 2.24) is 5.32 Å². The van der Waals surface area contributed by atoms with E-state index < -0.39 is 34.3 Å². The van der Waals surface area contributed by atoms with Crippen molar-refractivity contribution in [2.24, 2.45) is 0 Å². The van der Waals surface area contributed by atoms with Crippen molar-refractivity contribution >= 4 is 17.4 Å². The molecule has 0 aliphatic heterocycles. The molecule has 108 valence electrons. The van der Waals surface area contributed by atoms with Gasteiger partial charge in [0.05, 0.1) is 6.07 Å². The van der Waals surface area contributed by atoms with Gasteiger partial charge in [-0.25, -0.2) is 4.39 Å². The molecule has 1 aromatic carbocycles. The van der Waals surface area contributed by atoms with Gasteiger partial charge in [0.1, 0.15) is 22.6 Å². The van der Waals surface area contributed by atoms with Crippen LogP contribution in [0.2, 0.25) is 0 Å². The van der Waals surface area contributed by atoms with Gasteiger partial charge in [0, 0.05) is 12.1 Å². The van der Waals surface area contributed by atoms with Crippen LogP contribution in [0.3, 0.4) is 0 Å². The van der Waals surface area contributed by atoms with Gasteiger partial charge in [-0.15, -0.1) is 0 Å². The van der Waals surface area contributed by atoms with Crippen molar-refractivity contribution in [3.63, 3.8) is 0 Å². The molecule has 0 unspecified atom stereocenters. The number of rotatable bonds is 2. The van der Waals surface area contributed by atoms with Crippen LogP contribution in [-0.4, -0.2) is 23.3 Å². The SMILES string of the molecule is CCNC(=O)C1=C(O)c2cc(F)ccc2[C@](C)(C#N)C1=O. The average Bonchev–Trinajstić information content (AvgIpc) is 2.45. The van der Waals surface area contributed by atoms with Gasteiger partial charge in [0.25, 0.3) is 5.91 Å². The standard InChI is InChI=1S/C15H13FN2O3/c1-3-18-14(21)11-12(19)9-6-8(16)4-5-10(9)15(2,7-17)13(11)20/h4-6,19H,3H2,1-2H3,(H,18,21)/t15-/m0/s1. The van der Waals surface area contributed by atoms with Crippen molar-refractivity contribution in [1.29, 1.82) is 5.26 Å². The number of carbonyl (C=O) groups is 2. The van der Waals surface area contributed by atoms with Crippen LogP contribution in [0.4, 0.5) is 4.39 Å². The number of amides is 1. The fraction of sp³-hybridized carbons (Fsp3) is 0.267. The zero-order valence-corrected chi connectivity index (χ0v) is 11.5. The van der Waals surface area contributed by atoms with Crippen LogP contribution in [0.25, 0.3) is 5.76 Å². The second kappa shape index (κ2) is 5.02. The quantitative estimate of drug-likeness (QED) is 0.809. The lowest BCUT2D eigenvalue weighted by atomic mass is 9.70. The summed E-state index contributed by atoms with van der Waals surface area (Å²) in [5.74, 6) is -2.82. The monoisotopic (exact) mass is 288 g/mol. The summed E-state index contributed by atoms with van der Waals surface area (Å²) in [5.41, 5.74) is -1.99. The summed E-state index contributed by atoms with van der Waals surface area (Å²) in [7, 11) is 0. The van der Waals surface area contributed by atoms with Gasteiger partial charge < -0.3 is 10.4 Å². The first kappa shape index (κ1) is 14.7. The van der Waals surface area contributed by atoms with Gasteiger partial charge in [0.15, 0.2) is 5.78 Å². The van der Waals surface area contributed by atoms with E-state index in [1.807, 2.05) is 6.07 Å². The lowest BCUT2D eigenvalue weighted by Crippen LogP contribution is -2.42. The lowest BCUT2D eigenvalue weighted by molar-refractivity contribution is -0.124. The van der Waals surface area contributed by atoms with Gasteiger partial charge >= 0.3 is 0 Å². The molecule has 0 fully saturated rings. The topological polar surface area (TPSA) is 90.2 Å². The third kappa shape index (κ3) is 2.07. The molecule has 1 amide bonds. The normalized spacial score (nSPS) is 20.8. The second-order valence-corrected chi connectivity index (χ2v) is 4.84. The minimum Gasteiger partial charge on any atom is -0.506 e. The van der Waals surface area contributed by atoms with Gasteiger partial charge in [-0.1, -0.05) is 6.07 Å². The molecule has 0 spiro atoms. The molecule has 2 N–H and O–H groups in total. The predicted molar refractivity (Wildman–Crippen MR) is 72.6 cm³/mol. The van der Waals surface area contributed by atoms with E-state index in [0.717, 1.165) is 12.1 Å². The van der Waals surface area contributed by atoms with E-state index in [0.29, 0.717) is 0 Å². The Labute approximate surface area is 120 Å². The molecular weight excluding hydrogens is 275 g/mol. The Morgan fingerprint density at radius 2 is 2.19 bits per heavy atom. The maximum atomic E-state index is 13.4. The zero-order chi connectivity index (χ0) is 15.8. The molecule has 0 bridgehead atoms. The van der Waals surface area contributed by atoms with Crippen LogP contribution < -0.4 is 5.32 Å². The van der Waals surface area contributed by atoms with Crippen molar-refractivity contribution in [2.45, 2.75) is 19.3 Å². The number of aliphatic hydroxyl groups excluding tert-OH is 1. The summed E-state index contributed by atoms with van der Waals surface area (Å²) < 4.78 is 13.4. The maximum absolute atomic E-state index is 13.4. The Morgan fingerprint density at radius 1 is 1.52 bits per heavy atom. The first-order chi connectivity index (χ1) is 9.86. The largest absolute Gasteiger partial charge is 0.506 e. The molecule has 0 saturated carbocycles. The zero-order valence-electron chi connectivity index (χ0n) is 11.5. The molecule has 0 radical (unpaired) electrons. The minimum atomic E-state index is -1.64. The molecule has 2 rings (SSSR count). The van der Waals surface area contributed by atoms with Gasteiger partial charge in [-0.05, 0) is 31.5 Å². The van der Waals surface area contributed by atoms with E-state index in [9.17, 15) is 24.3 Å². The summed E-state index contributed by atoms with van der Waals surface area (Å²) in [5, 5.41) is 21.9. The van der Waals surface area contributed by atoms with E-state index in [4.69, 9.17) is 0 Å². The number of carbonyl (C=O) groups excluding carboxylic acids is 2. The minimum absolute atomic E-state index is 0.0140. The van der Waals surface area contributed by atoms with E-state index in [2.05, 4.69) is 5.32 Å². The number of fused-ring (bicyclic) bond motifs is 1. The highest BCUT2D eigenvalue weighted by Gasteiger charge is 2.46. The number of benzene rings is 1. The van der Waals surface area contributed by atoms with E-state index in [1.54, 1.807) is 6.92 Å². The Kier molecular flexibility index (Phi) is 3.52. The maximum Gasteiger partial charge on any atom is 0.258 e. The molecule has 6 heteroatoms. The number of halogens is 1. The molecule has 0 aromatic heterocycles. The molecule has 1 aromatic rings. The van der Waals surface area contributed by atoms with E-state index in [-0.39, 0.29) is 17.7 Å². The number of likely N-dealkylation sites (N-methyl/N-ethyl adjacent to an activating group) is 1. The third-order valence-electron chi connectivity index (χ3n) is 3.48. The highest BCUT2D eigenvalue weighted by Crippen LogP contribution is 2.39. The first-order valence-corrected chi connectivity index (χ1v) is 6.34. The predicted octanol–water partition coefficient (Wildman–Crippen LogP) is 1.59. The molecule has 1 atom stereocenters. The molecule has 5 nitrogen and oxygen atoms in total. The van der Waals surface area contributed by atoms with Crippen molar-refractivity contribution in [3.8, 4) is 6.07 Å². The average molecular weight is 288 g/mol. The molecule has 0 heterocycles. The first-order valence-electron chi connectivity index (χ1n) is 6.34. The van der Waals surface area contributed by atoms with Crippen molar-refractivity contribution < 1.29 is 19.1 Å². The number of aliphatic hydroxyl groups is 1. The van der Waals surface area contributed by atoms with Crippen LogP contribution in [-0.2, 0) is 15.0 Å². The molecule has 0 saturated heterocycles. The third-order valence-corrected chi connectivity index (χ3v) is 3.48. The summed E-state index contributed by atoms with van der Waals surface area (Å²) in [6.07, 6.45) is 0. The highest BCUT2D eigenvalue weighted by molar-refractivity contribution is 6.29. The van der Waals surface area contributed by atoms with Gasteiger partial charge in [-0.2, -0.15) is 5.26 Å². The number of ketones is 1. The van der Waals surface area contributed by atoms with E-state index in [1.165, 1.54) is 13.0 Å². The smallest absolute Gasteiger partial charge is 0.258 e. The molecule has 21 heavy (non-hydrogen) atoms. The second-order valence-electron chi connectivity index (χ2n) is 4.84. The Hall–Kier alpha value is -2.68. The Bertz CT molecular complexity index is 718. The van der Waals surface area contributed by atoms with Crippen LogP contribution in [0, 0.1) is 17.1 Å². The van der Waals surface area contributed by atoms with Crippen molar-refractivity contribution in [3.05, 3.63) is 40.7 Å². The highest BCUT2D eigenvalue weighted by atomic mass is 19.1. The summed E-state index contributed by atoms with van der Waals surface area (Å²) in [4.78, 5) is 24.4. The number of Topliss-reactive ketones (excluding diaryl/α,β-unsaturated/α-hetero) is 1. The lowest BCUT2D eigenvalue weighted by Gasteiger charge is -2.29. The van der Waals surface area contributed by atoms with Gasteiger partial charge in [-0.3, -0.25) is 9.59 Å². The number of nitriles is 1. The molecule has 1 aliphatic carbocycles.